The van der Waals surface area contributed by atoms with Crippen molar-refractivity contribution < 1.29 is 9.66 Å². The van der Waals surface area contributed by atoms with Crippen LogP contribution in [0.3, 0.4) is 0 Å². The molecule has 0 fully saturated rings. The number of rotatable bonds is 7. The summed E-state index contributed by atoms with van der Waals surface area (Å²) in [6.45, 7) is 6.34. The van der Waals surface area contributed by atoms with Gasteiger partial charge in [-0.25, -0.2) is 0 Å². The Balaban J connectivity index is 1.68. The Labute approximate surface area is 127 Å². The van der Waals surface area contributed by atoms with Gasteiger partial charge in [0.15, 0.2) is 0 Å². The molecule has 0 aliphatic carbocycles. The lowest BCUT2D eigenvalue weighted by Crippen LogP contribution is -2.20. The van der Waals surface area contributed by atoms with Crippen LogP contribution in [-0.2, 0) is 6.54 Å². The fraction of sp³-hybridized carbons (Fsp3) is 0.333. The maximum atomic E-state index is 10.5. The van der Waals surface area contributed by atoms with E-state index < -0.39 is 4.92 Å². The van der Waals surface area contributed by atoms with Gasteiger partial charge in [-0.05, 0) is 37.6 Å². The first-order valence-electron chi connectivity index (χ1n) is 6.70. The van der Waals surface area contributed by atoms with Crippen molar-refractivity contribution >= 4 is 17.0 Å². The summed E-state index contributed by atoms with van der Waals surface area (Å²) in [6.07, 6.45) is 0. The molecule has 0 aliphatic rings. The highest BCUT2D eigenvalue weighted by Gasteiger charge is 2.04. The highest BCUT2D eigenvalue weighted by molar-refractivity contribution is 7.12. The van der Waals surface area contributed by atoms with Gasteiger partial charge in [-0.1, -0.05) is 0 Å². The summed E-state index contributed by atoms with van der Waals surface area (Å²) in [6, 6.07) is 8.32. The summed E-state index contributed by atoms with van der Waals surface area (Å²) in [7, 11) is 0. The molecule has 2 aromatic rings. The second-order valence-electron chi connectivity index (χ2n) is 4.73. The number of thiophene rings is 1. The standard InChI is InChI=1S/C15H18N2O3S/c1-11-9-15(21-12(11)2)10-16-7-8-20-14-5-3-13(4-6-14)17(18)19/h3-6,9,16H,7-8,10H2,1-2H3. The van der Waals surface area contributed by atoms with Crippen molar-refractivity contribution in [3.05, 3.63) is 55.8 Å². The quantitative estimate of drug-likeness (QED) is 0.483. The Morgan fingerprint density at radius 2 is 2.00 bits per heavy atom. The van der Waals surface area contributed by atoms with E-state index in [1.54, 1.807) is 23.5 Å². The van der Waals surface area contributed by atoms with Crippen LogP contribution in [0.15, 0.2) is 30.3 Å². The third kappa shape index (κ3) is 4.54. The molecule has 112 valence electrons. The third-order valence-corrected chi connectivity index (χ3v) is 4.26. The molecule has 21 heavy (non-hydrogen) atoms. The Bertz CT molecular complexity index is 588. The van der Waals surface area contributed by atoms with Crippen LogP contribution in [0.4, 0.5) is 5.69 Å². The molecule has 0 radical (unpaired) electrons. The molecule has 0 atom stereocenters. The first-order valence-corrected chi connectivity index (χ1v) is 7.52. The maximum Gasteiger partial charge on any atom is 0.269 e. The molecule has 0 saturated carbocycles. The third-order valence-electron chi connectivity index (χ3n) is 3.11. The van der Waals surface area contributed by atoms with Crippen molar-refractivity contribution in [3.63, 3.8) is 0 Å². The van der Waals surface area contributed by atoms with Gasteiger partial charge in [0.1, 0.15) is 12.4 Å². The number of nitro groups is 1. The first kappa shape index (κ1) is 15.5. The van der Waals surface area contributed by atoms with Crippen molar-refractivity contribution in [2.75, 3.05) is 13.2 Å². The van der Waals surface area contributed by atoms with Crippen molar-refractivity contribution in [3.8, 4) is 5.75 Å². The van der Waals surface area contributed by atoms with Crippen molar-refractivity contribution in [1.82, 2.24) is 5.32 Å². The second kappa shape index (κ2) is 7.19. The molecule has 6 heteroatoms. The summed E-state index contributed by atoms with van der Waals surface area (Å²) in [5.41, 5.74) is 1.41. The highest BCUT2D eigenvalue weighted by Crippen LogP contribution is 2.20. The van der Waals surface area contributed by atoms with Crippen LogP contribution in [0, 0.1) is 24.0 Å². The molecule has 0 saturated heterocycles. The number of ether oxygens (including phenoxy) is 1. The van der Waals surface area contributed by atoms with E-state index >= 15 is 0 Å². The normalized spacial score (nSPS) is 10.6. The van der Waals surface area contributed by atoms with Gasteiger partial charge < -0.3 is 10.1 Å². The lowest BCUT2D eigenvalue weighted by Gasteiger charge is -2.06. The van der Waals surface area contributed by atoms with Gasteiger partial charge in [0, 0.05) is 35.0 Å². The predicted molar refractivity (Wildman–Crippen MR) is 84.1 cm³/mol. The van der Waals surface area contributed by atoms with Gasteiger partial charge in [-0.2, -0.15) is 0 Å². The topological polar surface area (TPSA) is 64.4 Å². The fourth-order valence-corrected chi connectivity index (χ4v) is 2.88. The van der Waals surface area contributed by atoms with E-state index in [9.17, 15) is 10.1 Å². The average molecular weight is 306 g/mol. The van der Waals surface area contributed by atoms with E-state index in [0.717, 1.165) is 13.1 Å². The molecular formula is C15H18N2O3S. The first-order chi connectivity index (χ1) is 10.1. The van der Waals surface area contributed by atoms with Crippen LogP contribution in [0.2, 0.25) is 0 Å². The molecule has 1 aromatic heterocycles. The predicted octanol–water partition coefficient (Wildman–Crippen LogP) is 3.44. The Morgan fingerprint density at radius 3 is 2.57 bits per heavy atom. The Hall–Kier alpha value is -1.92. The Kier molecular flexibility index (Phi) is 5.30. The number of hydrogen-bond acceptors (Lipinski definition) is 5. The van der Waals surface area contributed by atoms with Gasteiger partial charge in [0.2, 0.25) is 0 Å². The van der Waals surface area contributed by atoms with E-state index in [-0.39, 0.29) is 5.69 Å². The van der Waals surface area contributed by atoms with E-state index in [2.05, 4.69) is 25.2 Å². The van der Waals surface area contributed by atoms with Gasteiger partial charge in [0.05, 0.1) is 4.92 Å². The van der Waals surface area contributed by atoms with Crippen LogP contribution < -0.4 is 10.1 Å². The Morgan fingerprint density at radius 1 is 1.29 bits per heavy atom. The minimum atomic E-state index is -0.420. The number of aryl methyl sites for hydroxylation is 2. The van der Waals surface area contributed by atoms with Crippen LogP contribution >= 0.6 is 11.3 Å². The lowest BCUT2D eigenvalue weighted by atomic mass is 10.3. The van der Waals surface area contributed by atoms with Crippen molar-refractivity contribution in [2.24, 2.45) is 0 Å². The van der Waals surface area contributed by atoms with Crippen molar-refractivity contribution in [2.45, 2.75) is 20.4 Å². The van der Waals surface area contributed by atoms with Crippen LogP contribution in [0.25, 0.3) is 0 Å². The number of nitrogens with one attached hydrogen (secondary N) is 1. The van der Waals surface area contributed by atoms with Crippen LogP contribution in [0.1, 0.15) is 15.3 Å². The second-order valence-corrected chi connectivity index (χ2v) is 6.07. The fourth-order valence-electron chi connectivity index (χ4n) is 1.85. The van der Waals surface area contributed by atoms with E-state index in [0.29, 0.717) is 12.4 Å². The summed E-state index contributed by atoms with van der Waals surface area (Å²) < 4.78 is 5.53. The molecule has 0 bridgehead atoms. The molecule has 0 unspecified atom stereocenters. The summed E-state index contributed by atoms with van der Waals surface area (Å²) in [5.74, 6) is 0.644. The minimum absolute atomic E-state index is 0.0731. The highest BCUT2D eigenvalue weighted by atomic mass is 32.1. The zero-order valence-electron chi connectivity index (χ0n) is 12.1. The SMILES string of the molecule is Cc1cc(CNCCOc2ccc([N+](=O)[O-])cc2)sc1C. The smallest absolute Gasteiger partial charge is 0.269 e. The van der Waals surface area contributed by atoms with Crippen LogP contribution in [0.5, 0.6) is 5.75 Å². The van der Waals surface area contributed by atoms with Crippen LogP contribution in [-0.4, -0.2) is 18.1 Å². The molecular weight excluding hydrogens is 288 g/mol. The molecule has 0 aliphatic heterocycles. The largest absolute Gasteiger partial charge is 0.492 e. The summed E-state index contributed by atoms with van der Waals surface area (Å²) in [5, 5.41) is 13.8. The monoisotopic (exact) mass is 306 g/mol. The number of nitro benzene ring substituents is 1. The molecule has 0 amide bonds. The summed E-state index contributed by atoms with van der Waals surface area (Å²) >= 11 is 1.81. The average Bonchev–Trinajstić information content (AvgIpc) is 2.78. The zero-order chi connectivity index (χ0) is 15.2. The lowest BCUT2D eigenvalue weighted by molar-refractivity contribution is -0.384. The maximum absolute atomic E-state index is 10.5. The molecule has 1 heterocycles. The molecule has 2 rings (SSSR count). The molecule has 0 spiro atoms. The number of hydrogen-bond donors (Lipinski definition) is 1. The molecule has 1 N–H and O–H groups in total. The van der Waals surface area contributed by atoms with Gasteiger partial charge in [-0.15, -0.1) is 11.3 Å². The van der Waals surface area contributed by atoms with Gasteiger partial charge >= 0.3 is 0 Å². The zero-order valence-corrected chi connectivity index (χ0v) is 12.9. The van der Waals surface area contributed by atoms with Crippen molar-refractivity contribution in [1.29, 1.82) is 0 Å². The number of benzene rings is 1. The van der Waals surface area contributed by atoms with Gasteiger partial charge in [-0.3, -0.25) is 10.1 Å². The number of non-ortho nitro benzene ring substituents is 1. The van der Waals surface area contributed by atoms with E-state index in [1.165, 1.54) is 27.5 Å². The molecule has 1 aromatic carbocycles. The van der Waals surface area contributed by atoms with Gasteiger partial charge in [0.25, 0.3) is 5.69 Å². The van der Waals surface area contributed by atoms with E-state index in [4.69, 9.17) is 4.74 Å². The minimum Gasteiger partial charge on any atom is -0.492 e. The molecule has 5 nitrogen and oxygen atoms in total. The van der Waals surface area contributed by atoms with E-state index in [1.807, 2.05) is 0 Å². The summed E-state index contributed by atoms with van der Waals surface area (Å²) in [4.78, 5) is 12.8. The number of nitrogens with zero attached hydrogens (tertiary/aromatic N) is 1.